The highest BCUT2D eigenvalue weighted by Crippen LogP contribution is 2.27. The average molecular weight is 242 g/mol. The molecule has 1 rings (SSSR count). The van der Waals surface area contributed by atoms with Gasteiger partial charge in [-0.25, -0.2) is 4.39 Å². The van der Waals surface area contributed by atoms with Crippen molar-refractivity contribution in [2.45, 2.75) is 31.9 Å². The number of nitro groups is 1. The van der Waals surface area contributed by atoms with Gasteiger partial charge in [-0.1, -0.05) is 13.3 Å². The Labute approximate surface area is 98.2 Å². The van der Waals surface area contributed by atoms with Crippen molar-refractivity contribution in [2.75, 3.05) is 0 Å². The van der Waals surface area contributed by atoms with Gasteiger partial charge in [0.15, 0.2) is 0 Å². The normalized spacial score (nSPS) is 14.4. The second kappa shape index (κ2) is 5.70. The van der Waals surface area contributed by atoms with Gasteiger partial charge in [0.25, 0.3) is 5.69 Å². The van der Waals surface area contributed by atoms with E-state index in [-0.39, 0.29) is 5.56 Å². The molecule has 1 aromatic rings. The number of aliphatic hydroxyl groups is 1. The van der Waals surface area contributed by atoms with E-state index in [1.807, 2.05) is 6.92 Å². The van der Waals surface area contributed by atoms with Gasteiger partial charge >= 0.3 is 0 Å². The standard InChI is InChI=1S/C11H15FN2O3/c1-2-3-10(15)11(13)8-5-4-7(12)6-9(8)14(16)17/h4-6,10-11,15H,2-3,13H2,1H3/t10-,11+/m0/s1. The lowest BCUT2D eigenvalue weighted by Crippen LogP contribution is -2.26. The van der Waals surface area contributed by atoms with Crippen LogP contribution in [0.25, 0.3) is 0 Å². The van der Waals surface area contributed by atoms with E-state index in [1.165, 1.54) is 6.07 Å². The second-order valence-electron chi connectivity index (χ2n) is 3.84. The van der Waals surface area contributed by atoms with Crippen molar-refractivity contribution < 1.29 is 14.4 Å². The van der Waals surface area contributed by atoms with Gasteiger partial charge in [-0.15, -0.1) is 0 Å². The molecule has 6 heteroatoms. The van der Waals surface area contributed by atoms with Gasteiger partial charge in [0.1, 0.15) is 5.82 Å². The predicted molar refractivity (Wildman–Crippen MR) is 60.9 cm³/mol. The summed E-state index contributed by atoms with van der Waals surface area (Å²) in [5, 5.41) is 20.5. The quantitative estimate of drug-likeness (QED) is 0.609. The zero-order chi connectivity index (χ0) is 13.0. The molecule has 5 nitrogen and oxygen atoms in total. The summed E-state index contributed by atoms with van der Waals surface area (Å²) < 4.78 is 12.9. The molecule has 0 unspecified atom stereocenters. The lowest BCUT2D eigenvalue weighted by Gasteiger charge is -2.18. The fourth-order valence-corrected chi connectivity index (χ4v) is 1.64. The smallest absolute Gasteiger partial charge is 0.277 e. The highest BCUT2D eigenvalue weighted by Gasteiger charge is 2.24. The number of rotatable bonds is 5. The van der Waals surface area contributed by atoms with Crippen LogP contribution in [0.2, 0.25) is 0 Å². The number of nitrogens with two attached hydrogens (primary N) is 1. The SMILES string of the molecule is CCC[C@H](O)[C@H](N)c1ccc(F)cc1[N+](=O)[O-]. The monoisotopic (exact) mass is 242 g/mol. The zero-order valence-corrected chi connectivity index (χ0v) is 9.47. The molecule has 2 atom stereocenters. The second-order valence-corrected chi connectivity index (χ2v) is 3.84. The van der Waals surface area contributed by atoms with Crippen molar-refractivity contribution in [3.05, 3.63) is 39.7 Å². The van der Waals surface area contributed by atoms with Crippen LogP contribution in [0.15, 0.2) is 18.2 Å². The molecule has 0 bridgehead atoms. The number of nitrogens with zero attached hydrogens (tertiary/aromatic N) is 1. The molecule has 3 N–H and O–H groups in total. The topological polar surface area (TPSA) is 89.4 Å². The van der Waals surface area contributed by atoms with Crippen molar-refractivity contribution >= 4 is 5.69 Å². The molecule has 0 aliphatic rings. The molecule has 94 valence electrons. The van der Waals surface area contributed by atoms with Gasteiger partial charge in [-0.3, -0.25) is 10.1 Å². The van der Waals surface area contributed by atoms with Gasteiger partial charge in [0.2, 0.25) is 0 Å². The summed E-state index contributed by atoms with van der Waals surface area (Å²) in [7, 11) is 0. The highest BCUT2D eigenvalue weighted by molar-refractivity contribution is 5.42. The largest absolute Gasteiger partial charge is 0.391 e. The summed E-state index contributed by atoms with van der Waals surface area (Å²) in [5.74, 6) is -0.697. The van der Waals surface area contributed by atoms with Gasteiger partial charge in [0.05, 0.1) is 23.1 Å². The van der Waals surface area contributed by atoms with Crippen molar-refractivity contribution in [1.82, 2.24) is 0 Å². The van der Waals surface area contributed by atoms with Gasteiger partial charge < -0.3 is 10.8 Å². The summed E-state index contributed by atoms with van der Waals surface area (Å²) in [5.41, 5.74) is 5.49. The van der Waals surface area contributed by atoms with E-state index in [4.69, 9.17) is 5.73 Å². The fraction of sp³-hybridized carbons (Fsp3) is 0.455. The fourth-order valence-electron chi connectivity index (χ4n) is 1.64. The van der Waals surface area contributed by atoms with Crippen LogP contribution in [-0.4, -0.2) is 16.1 Å². The Hall–Kier alpha value is -1.53. The maximum absolute atomic E-state index is 12.9. The van der Waals surface area contributed by atoms with E-state index < -0.39 is 28.6 Å². The molecule has 0 spiro atoms. The van der Waals surface area contributed by atoms with E-state index in [0.717, 1.165) is 12.1 Å². The summed E-state index contributed by atoms with van der Waals surface area (Å²) in [6.07, 6.45) is 0.281. The Morgan fingerprint density at radius 1 is 1.59 bits per heavy atom. The minimum atomic E-state index is -0.879. The Balaban J connectivity index is 3.08. The van der Waals surface area contributed by atoms with Gasteiger partial charge in [-0.2, -0.15) is 0 Å². The lowest BCUT2D eigenvalue weighted by atomic mass is 9.97. The van der Waals surface area contributed by atoms with E-state index >= 15 is 0 Å². The molecular weight excluding hydrogens is 227 g/mol. The number of halogens is 1. The summed E-state index contributed by atoms with van der Waals surface area (Å²) in [6, 6.07) is 2.28. The number of aliphatic hydroxyl groups excluding tert-OH is 1. The third-order valence-corrected chi connectivity index (χ3v) is 2.55. The van der Waals surface area contributed by atoms with Gasteiger partial charge in [0, 0.05) is 5.56 Å². The molecule has 0 amide bonds. The Bertz CT molecular complexity index is 412. The summed E-state index contributed by atoms with van der Waals surface area (Å²) >= 11 is 0. The van der Waals surface area contributed by atoms with Crippen LogP contribution < -0.4 is 5.73 Å². The van der Waals surface area contributed by atoms with Crippen molar-refractivity contribution in [2.24, 2.45) is 5.73 Å². The first-order chi connectivity index (χ1) is 7.97. The van der Waals surface area contributed by atoms with Crippen LogP contribution in [0.4, 0.5) is 10.1 Å². The molecule has 0 fully saturated rings. The molecule has 0 saturated heterocycles. The Morgan fingerprint density at radius 3 is 2.76 bits per heavy atom. The van der Waals surface area contributed by atoms with E-state index in [9.17, 15) is 19.6 Å². The van der Waals surface area contributed by atoms with Crippen LogP contribution in [-0.2, 0) is 0 Å². The molecule has 0 saturated carbocycles. The first-order valence-corrected chi connectivity index (χ1v) is 5.34. The van der Waals surface area contributed by atoms with E-state index in [2.05, 4.69) is 0 Å². The average Bonchev–Trinajstić information content (AvgIpc) is 2.28. The lowest BCUT2D eigenvalue weighted by molar-refractivity contribution is -0.386. The summed E-state index contributed by atoms with van der Waals surface area (Å²) in [6.45, 7) is 1.87. The molecule has 1 aromatic carbocycles. The van der Waals surface area contributed by atoms with Crippen LogP contribution in [0.3, 0.4) is 0 Å². The van der Waals surface area contributed by atoms with Crippen LogP contribution in [0, 0.1) is 15.9 Å². The maximum atomic E-state index is 12.9. The molecule has 0 aromatic heterocycles. The first-order valence-electron chi connectivity index (χ1n) is 5.34. The minimum absolute atomic E-state index is 0.150. The summed E-state index contributed by atoms with van der Waals surface area (Å²) in [4.78, 5) is 10.1. The minimum Gasteiger partial charge on any atom is -0.391 e. The molecule has 0 radical (unpaired) electrons. The molecule has 17 heavy (non-hydrogen) atoms. The number of hydrogen-bond acceptors (Lipinski definition) is 4. The molecule has 0 aliphatic heterocycles. The Kier molecular flexibility index (Phi) is 4.53. The van der Waals surface area contributed by atoms with Crippen molar-refractivity contribution in [1.29, 1.82) is 0 Å². The van der Waals surface area contributed by atoms with Crippen molar-refractivity contribution in [3.8, 4) is 0 Å². The molecule has 0 aliphatic carbocycles. The predicted octanol–water partition coefficient (Wildman–Crippen LogP) is 1.89. The van der Waals surface area contributed by atoms with Crippen LogP contribution in [0.1, 0.15) is 31.4 Å². The highest BCUT2D eigenvalue weighted by atomic mass is 19.1. The van der Waals surface area contributed by atoms with Crippen LogP contribution in [0.5, 0.6) is 0 Å². The van der Waals surface area contributed by atoms with E-state index in [0.29, 0.717) is 12.8 Å². The van der Waals surface area contributed by atoms with Gasteiger partial charge in [-0.05, 0) is 18.6 Å². The first kappa shape index (κ1) is 13.5. The third kappa shape index (κ3) is 3.21. The zero-order valence-electron chi connectivity index (χ0n) is 9.47. The third-order valence-electron chi connectivity index (χ3n) is 2.55. The van der Waals surface area contributed by atoms with Crippen LogP contribution >= 0.6 is 0 Å². The number of nitro benzene ring substituents is 1. The molecule has 0 heterocycles. The Morgan fingerprint density at radius 2 is 2.24 bits per heavy atom. The number of benzene rings is 1. The molecular formula is C11H15FN2O3. The maximum Gasteiger partial charge on any atom is 0.277 e. The number of hydrogen-bond donors (Lipinski definition) is 2. The van der Waals surface area contributed by atoms with E-state index in [1.54, 1.807) is 0 Å². The van der Waals surface area contributed by atoms with Crippen molar-refractivity contribution in [3.63, 3.8) is 0 Å².